The molecule has 3 aromatic carbocycles. The van der Waals surface area contributed by atoms with Gasteiger partial charge in [0.25, 0.3) is 11.8 Å². The van der Waals surface area contributed by atoms with Crippen molar-refractivity contribution in [2.24, 2.45) is 11.1 Å². The Bertz CT molecular complexity index is 1790. The number of nitrogens with two attached hydrogens (primary N) is 1. The number of benzene rings is 3. The van der Waals surface area contributed by atoms with E-state index in [1.165, 1.54) is 28.5 Å². The van der Waals surface area contributed by atoms with Gasteiger partial charge in [0.05, 0.1) is 28.9 Å². The average Bonchev–Trinajstić information content (AvgIpc) is 3.05. The van der Waals surface area contributed by atoms with Crippen LogP contribution in [0.5, 0.6) is 5.75 Å². The van der Waals surface area contributed by atoms with Crippen LogP contribution in [0.4, 0.5) is 23.7 Å². The highest BCUT2D eigenvalue weighted by molar-refractivity contribution is 6.05. The number of likely N-dealkylation sites (tertiary alicyclic amines) is 1. The van der Waals surface area contributed by atoms with Crippen molar-refractivity contribution in [2.45, 2.75) is 90.7 Å². The van der Waals surface area contributed by atoms with Crippen LogP contribution >= 0.6 is 0 Å². The predicted molar refractivity (Wildman–Crippen MR) is 190 cm³/mol. The van der Waals surface area contributed by atoms with Gasteiger partial charge in [-0.2, -0.15) is 13.2 Å². The number of rotatable bonds is 7. The van der Waals surface area contributed by atoms with E-state index in [2.05, 4.69) is 0 Å². The van der Waals surface area contributed by atoms with Gasteiger partial charge in [-0.25, -0.2) is 4.79 Å². The standard InChI is InChI=1S/C39H47F3N4O5/c1-23(2)46(34(47)28-21-30-31(22-29(28)39(40,41)42)51-38(6,7)35(48)44(30)19-17-43)32-27(16-18-45(36(49)50)33(32)37(3,4)5)26-15-11-14-25(20-26)24-12-9-8-10-13-24/h8-15,20-23,27,32-33H,16-19,43H2,1-7H3,(H,49,50)/t27-,32-,33?/m1/s1. The van der Waals surface area contributed by atoms with Crippen molar-refractivity contribution in [2.75, 3.05) is 24.5 Å². The van der Waals surface area contributed by atoms with Crippen molar-refractivity contribution in [1.29, 1.82) is 0 Å². The zero-order chi connectivity index (χ0) is 37.6. The first kappa shape index (κ1) is 37.7. The van der Waals surface area contributed by atoms with E-state index in [0.29, 0.717) is 6.42 Å². The summed E-state index contributed by atoms with van der Waals surface area (Å²) in [6.07, 6.45) is -5.81. The molecule has 0 saturated carbocycles. The van der Waals surface area contributed by atoms with Crippen molar-refractivity contribution >= 4 is 23.6 Å². The number of ether oxygens (including phenoxy) is 1. The number of nitrogens with zero attached hydrogens (tertiary/aromatic N) is 3. The third kappa shape index (κ3) is 7.28. The lowest BCUT2D eigenvalue weighted by atomic mass is 9.70. The largest absolute Gasteiger partial charge is 0.476 e. The maximum absolute atomic E-state index is 15.0. The Labute approximate surface area is 297 Å². The van der Waals surface area contributed by atoms with Gasteiger partial charge in [0.1, 0.15) is 5.75 Å². The number of hydrogen-bond donors (Lipinski definition) is 2. The second-order valence-electron chi connectivity index (χ2n) is 15.2. The summed E-state index contributed by atoms with van der Waals surface area (Å²) in [6.45, 7) is 12.2. The second kappa shape index (κ2) is 13.9. The zero-order valence-corrected chi connectivity index (χ0v) is 30.1. The maximum Gasteiger partial charge on any atom is 0.417 e. The van der Waals surface area contributed by atoms with Crippen molar-refractivity contribution in [3.63, 3.8) is 0 Å². The fourth-order valence-electron chi connectivity index (χ4n) is 7.71. The van der Waals surface area contributed by atoms with Crippen LogP contribution < -0.4 is 15.4 Å². The van der Waals surface area contributed by atoms with E-state index >= 15 is 4.79 Å². The van der Waals surface area contributed by atoms with E-state index in [0.717, 1.165) is 28.8 Å². The van der Waals surface area contributed by atoms with Gasteiger partial charge in [-0.3, -0.25) is 9.59 Å². The summed E-state index contributed by atoms with van der Waals surface area (Å²) in [6, 6.07) is 17.1. The first-order valence-electron chi connectivity index (χ1n) is 17.2. The molecule has 5 rings (SSSR count). The van der Waals surface area contributed by atoms with Crippen molar-refractivity contribution < 1.29 is 37.4 Å². The van der Waals surface area contributed by atoms with E-state index in [4.69, 9.17) is 10.5 Å². The molecule has 3 amide bonds. The molecule has 2 aliphatic heterocycles. The van der Waals surface area contributed by atoms with Gasteiger partial charge in [0.15, 0.2) is 5.60 Å². The lowest BCUT2D eigenvalue weighted by Crippen LogP contribution is -2.66. The molecule has 0 radical (unpaired) electrons. The summed E-state index contributed by atoms with van der Waals surface area (Å²) in [7, 11) is 0. The molecule has 1 unspecified atom stereocenters. The number of hydrogen-bond acceptors (Lipinski definition) is 5. The molecule has 0 aliphatic carbocycles. The number of amides is 3. The SMILES string of the molecule is CC(C)N(C(=O)c1cc2c(cc1C(F)(F)F)OC(C)(C)C(=O)N2CCN)[C@H]1C(C(C)(C)C)N(C(=O)O)CC[C@@H]1c1cccc(-c2ccccc2)c1. The Morgan fingerprint density at radius 2 is 1.67 bits per heavy atom. The van der Waals surface area contributed by atoms with Gasteiger partial charge in [0, 0.05) is 31.6 Å². The van der Waals surface area contributed by atoms with Gasteiger partial charge >= 0.3 is 12.3 Å². The van der Waals surface area contributed by atoms with Crippen LogP contribution in [0.25, 0.3) is 11.1 Å². The van der Waals surface area contributed by atoms with E-state index in [1.54, 1.807) is 13.8 Å². The van der Waals surface area contributed by atoms with Crippen LogP contribution in [0, 0.1) is 5.41 Å². The van der Waals surface area contributed by atoms with Crippen LogP contribution in [0.2, 0.25) is 0 Å². The second-order valence-corrected chi connectivity index (χ2v) is 15.2. The van der Waals surface area contributed by atoms with Crippen LogP contribution in [0.15, 0.2) is 66.7 Å². The molecule has 2 heterocycles. The lowest BCUT2D eigenvalue weighted by molar-refractivity contribution is -0.138. The fourth-order valence-corrected chi connectivity index (χ4v) is 7.71. The fraction of sp³-hybridized carbons (Fsp3) is 0.462. The minimum absolute atomic E-state index is 0.00631. The molecule has 1 saturated heterocycles. The van der Waals surface area contributed by atoms with Gasteiger partial charge in [-0.05, 0) is 68.4 Å². The zero-order valence-electron chi connectivity index (χ0n) is 30.1. The van der Waals surface area contributed by atoms with Crippen LogP contribution in [-0.4, -0.2) is 76.2 Å². The van der Waals surface area contributed by atoms with Crippen LogP contribution in [0.3, 0.4) is 0 Å². The molecule has 0 spiro atoms. The normalized spacial score (nSPS) is 20.5. The van der Waals surface area contributed by atoms with Crippen LogP contribution in [-0.2, 0) is 11.0 Å². The van der Waals surface area contributed by atoms with Crippen molar-refractivity contribution in [3.8, 4) is 16.9 Å². The first-order chi connectivity index (χ1) is 23.8. The molecule has 3 atom stereocenters. The molecule has 0 bridgehead atoms. The van der Waals surface area contributed by atoms with Gasteiger partial charge < -0.3 is 30.3 Å². The van der Waals surface area contributed by atoms with Gasteiger partial charge in [-0.15, -0.1) is 0 Å². The Hall–Kier alpha value is -4.58. The lowest BCUT2D eigenvalue weighted by Gasteiger charge is -2.54. The Kier molecular flexibility index (Phi) is 10.2. The Morgan fingerprint density at radius 1 is 1.02 bits per heavy atom. The van der Waals surface area contributed by atoms with Crippen molar-refractivity contribution in [1.82, 2.24) is 9.80 Å². The summed E-state index contributed by atoms with van der Waals surface area (Å²) in [5.41, 5.74) is 4.48. The number of anilines is 1. The van der Waals surface area contributed by atoms with E-state index in [-0.39, 0.29) is 31.1 Å². The highest BCUT2D eigenvalue weighted by Crippen LogP contribution is 2.47. The Morgan fingerprint density at radius 3 is 2.24 bits per heavy atom. The van der Waals surface area contributed by atoms with E-state index < -0.39 is 70.3 Å². The summed E-state index contributed by atoms with van der Waals surface area (Å²) < 4.78 is 50.7. The van der Waals surface area contributed by atoms with E-state index in [1.807, 2.05) is 75.4 Å². The molecule has 1 fully saturated rings. The minimum atomic E-state index is -4.97. The van der Waals surface area contributed by atoms with Gasteiger partial charge in [0.2, 0.25) is 0 Å². The highest BCUT2D eigenvalue weighted by Gasteiger charge is 2.52. The number of halogens is 3. The minimum Gasteiger partial charge on any atom is -0.476 e. The number of carbonyl (C=O) groups excluding carboxylic acids is 2. The smallest absolute Gasteiger partial charge is 0.417 e. The molecule has 2 aliphatic rings. The first-order valence-corrected chi connectivity index (χ1v) is 17.2. The number of alkyl halides is 3. The summed E-state index contributed by atoms with van der Waals surface area (Å²) in [4.78, 5) is 45.2. The quantitative estimate of drug-likeness (QED) is 0.261. The highest BCUT2D eigenvalue weighted by atomic mass is 19.4. The molecule has 3 aromatic rings. The van der Waals surface area contributed by atoms with Gasteiger partial charge in [-0.1, -0.05) is 75.4 Å². The third-order valence-corrected chi connectivity index (χ3v) is 9.82. The average molecular weight is 709 g/mol. The van der Waals surface area contributed by atoms with Crippen molar-refractivity contribution in [3.05, 3.63) is 83.4 Å². The number of carbonyl (C=O) groups is 3. The maximum atomic E-state index is 15.0. The molecule has 12 heteroatoms. The molecular formula is C39H47F3N4O5. The number of fused-ring (bicyclic) bond motifs is 1. The summed E-state index contributed by atoms with van der Waals surface area (Å²) in [5, 5.41) is 10.5. The molecule has 0 aromatic heterocycles. The number of carboxylic acid groups (broad SMARTS) is 1. The Balaban J connectivity index is 1.74. The monoisotopic (exact) mass is 708 g/mol. The molecular weight excluding hydrogens is 661 g/mol. The molecule has 274 valence electrons. The topological polar surface area (TPSA) is 116 Å². The molecule has 51 heavy (non-hydrogen) atoms. The van der Waals surface area contributed by atoms with Crippen LogP contribution in [0.1, 0.15) is 82.3 Å². The third-order valence-electron chi connectivity index (χ3n) is 9.82. The molecule has 3 N–H and O–H groups in total. The summed E-state index contributed by atoms with van der Waals surface area (Å²) >= 11 is 0. The van der Waals surface area contributed by atoms with E-state index in [9.17, 15) is 27.9 Å². The predicted octanol–water partition coefficient (Wildman–Crippen LogP) is 7.64. The molecule has 9 nitrogen and oxygen atoms in total. The summed E-state index contributed by atoms with van der Waals surface area (Å²) in [5.74, 6) is -2.06. The number of piperidine rings is 1.